The molecular formula is C13H18ClN3O. The molecule has 1 aliphatic rings. The van der Waals surface area contributed by atoms with Crippen LogP contribution < -0.4 is 10.6 Å². The van der Waals surface area contributed by atoms with Gasteiger partial charge in [0, 0.05) is 23.8 Å². The Bertz CT molecular complexity index is 401. The highest BCUT2D eigenvalue weighted by Crippen LogP contribution is 2.15. The van der Waals surface area contributed by atoms with Gasteiger partial charge >= 0.3 is 6.03 Å². The van der Waals surface area contributed by atoms with Gasteiger partial charge in [-0.2, -0.15) is 0 Å². The normalized spacial score (nSPS) is 16.3. The fraction of sp³-hybridized carbons (Fsp3) is 0.462. The third-order valence-electron chi connectivity index (χ3n) is 3.27. The fourth-order valence-corrected chi connectivity index (χ4v) is 2.23. The number of hydrogen-bond donors (Lipinski definition) is 2. The molecule has 0 aromatic heterocycles. The van der Waals surface area contributed by atoms with Crippen LogP contribution in [0.3, 0.4) is 0 Å². The maximum absolute atomic E-state index is 12.1. The molecule has 1 fully saturated rings. The number of urea groups is 1. The van der Waals surface area contributed by atoms with E-state index in [1.54, 1.807) is 29.2 Å². The van der Waals surface area contributed by atoms with Crippen LogP contribution >= 0.6 is 11.6 Å². The SMILES string of the molecule is CN(C(=O)Nc1ccc(Cl)cc1)C1CCNCC1. The molecule has 1 heterocycles. The van der Waals surface area contributed by atoms with E-state index in [1.807, 2.05) is 7.05 Å². The first-order valence-electron chi connectivity index (χ1n) is 6.17. The summed E-state index contributed by atoms with van der Waals surface area (Å²) in [7, 11) is 1.85. The molecule has 0 unspecified atom stereocenters. The maximum Gasteiger partial charge on any atom is 0.321 e. The Labute approximate surface area is 112 Å². The zero-order valence-corrected chi connectivity index (χ0v) is 11.2. The summed E-state index contributed by atoms with van der Waals surface area (Å²) in [6.07, 6.45) is 2.01. The standard InChI is InChI=1S/C13H18ClN3O/c1-17(12-6-8-15-9-7-12)13(18)16-11-4-2-10(14)3-5-11/h2-5,12,15H,6-9H2,1H3,(H,16,18). The summed E-state index contributed by atoms with van der Waals surface area (Å²) in [5, 5.41) is 6.83. The van der Waals surface area contributed by atoms with Crippen molar-refractivity contribution in [2.45, 2.75) is 18.9 Å². The Morgan fingerprint density at radius 2 is 1.94 bits per heavy atom. The van der Waals surface area contributed by atoms with Crippen LogP contribution in [-0.2, 0) is 0 Å². The summed E-state index contributed by atoms with van der Waals surface area (Å²) < 4.78 is 0. The molecule has 2 N–H and O–H groups in total. The van der Waals surface area contributed by atoms with E-state index in [2.05, 4.69) is 10.6 Å². The first kappa shape index (κ1) is 13.2. The lowest BCUT2D eigenvalue weighted by molar-refractivity contribution is 0.189. The molecule has 0 aliphatic carbocycles. The van der Waals surface area contributed by atoms with Gasteiger partial charge < -0.3 is 15.5 Å². The minimum atomic E-state index is -0.0655. The summed E-state index contributed by atoms with van der Waals surface area (Å²) in [6, 6.07) is 7.39. The van der Waals surface area contributed by atoms with Crippen LogP contribution in [-0.4, -0.2) is 37.1 Å². The van der Waals surface area contributed by atoms with Crippen molar-refractivity contribution < 1.29 is 4.79 Å². The maximum atomic E-state index is 12.1. The molecule has 1 aromatic carbocycles. The number of carbonyl (C=O) groups is 1. The van der Waals surface area contributed by atoms with Crippen LogP contribution in [0.5, 0.6) is 0 Å². The summed E-state index contributed by atoms with van der Waals surface area (Å²) in [4.78, 5) is 13.8. The first-order chi connectivity index (χ1) is 8.66. The molecule has 1 aromatic rings. The highest BCUT2D eigenvalue weighted by atomic mass is 35.5. The van der Waals surface area contributed by atoms with Gasteiger partial charge in [0.2, 0.25) is 0 Å². The highest BCUT2D eigenvalue weighted by Gasteiger charge is 2.21. The van der Waals surface area contributed by atoms with Crippen molar-refractivity contribution >= 4 is 23.3 Å². The van der Waals surface area contributed by atoms with E-state index in [1.165, 1.54) is 0 Å². The lowest BCUT2D eigenvalue weighted by Gasteiger charge is -2.31. The van der Waals surface area contributed by atoms with Crippen molar-refractivity contribution in [3.8, 4) is 0 Å². The number of nitrogens with zero attached hydrogens (tertiary/aromatic N) is 1. The van der Waals surface area contributed by atoms with Crippen LogP contribution in [0.25, 0.3) is 0 Å². The molecule has 0 atom stereocenters. The monoisotopic (exact) mass is 267 g/mol. The van der Waals surface area contributed by atoms with Gasteiger partial charge in [-0.25, -0.2) is 4.79 Å². The van der Waals surface area contributed by atoms with E-state index in [0.717, 1.165) is 31.6 Å². The molecule has 0 radical (unpaired) electrons. The van der Waals surface area contributed by atoms with Gasteiger partial charge in [-0.1, -0.05) is 11.6 Å². The van der Waals surface area contributed by atoms with Crippen molar-refractivity contribution in [3.05, 3.63) is 29.3 Å². The van der Waals surface area contributed by atoms with Crippen LogP contribution in [0.4, 0.5) is 10.5 Å². The van der Waals surface area contributed by atoms with Crippen LogP contribution in [0.15, 0.2) is 24.3 Å². The van der Waals surface area contributed by atoms with Gasteiger partial charge in [0.25, 0.3) is 0 Å². The molecule has 5 heteroatoms. The Morgan fingerprint density at radius 3 is 2.56 bits per heavy atom. The summed E-state index contributed by atoms with van der Waals surface area (Å²) >= 11 is 5.80. The third-order valence-corrected chi connectivity index (χ3v) is 3.52. The van der Waals surface area contributed by atoms with Crippen molar-refractivity contribution in [1.82, 2.24) is 10.2 Å². The van der Waals surface area contributed by atoms with E-state index in [-0.39, 0.29) is 6.03 Å². The average Bonchev–Trinajstić information content (AvgIpc) is 2.41. The Balaban J connectivity index is 1.92. The minimum absolute atomic E-state index is 0.0655. The number of hydrogen-bond acceptors (Lipinski definition) is 2. The molecule has 98 valence electrons. The lowest BCUT2D eigenvalue weighted by atomic mass is 10.1. The van der Waals surface area contributed by atoms with Crippen LogP contribution in [0, 0.1) is 0 Å². The number of piperidine rings is 1. The highest BCUT2D eigenvalue weighted by molar-refractivity contribution is 6.30. The minimum Gasteiger partial charge on any atom is -0.325 e. The topological polar surface area (TPSA) is 44.4 Å². The summed E-state index contributed by atoms with van der Waals surface area (Å²) in [5.74, 6) is 0. The molecule has 18 heavy (non-hydrogen) atoms. The molecule has 2 rings (SSSR count). The Hall–Kier alpha value is -1.26. The molecule has 0 spiro atoms. The average molecular weight is 268 g/mol. The molecular weight excluding hydrogens is 250 g/mol. The predicted molar refractivity (Wildman–Crippen MR) is 74.1 cm³/mol. The lowest BCUT2D eigenvalue weighted by Crippen LogP contribution is -2.45. The first-order valence-corrected chi connectivity index (χ1v) is 6.55. The van der Waals surface area contributed by atoms with Crippen molar-refractivity contribution in [2.75, 3.05) is 25.5 Å². The van der Waals surface area contributed by atoms with Crippen molar-refractivity contribution in [1.29, 1.82) is 0 Å². The van der Waals surface area contributed by atoms with E-state index < -0.39 is 0 Å². The molecule has 4 nitrogen and oxygen atoms in total. The summed E-state index contributed by atoms with van der Waals surface area (Å²) in [6.45, 7) is 1.95. The number of benzene rings is 1. The second-order valence-corrected chi connectivity index (χ2v) is 4.97. The number of rotatable bonds is 2. The van der Waals surface area contributed by atoms with Gasteiger partial charge in [-0.05, 0) is 50.2 Å². The molecule has 1 aliphatic heterocycles. The molecule has 0 bridgehead atoms. The smallest absolute Gasteiger partial charge is 0.321 e. The van der Waals surface area contributed by atoms with Gasteiger partial charge in [-0.15, -0.1) is 0 Å². The van der Waals surface area contributed by atoms with Gasteiger partial charge in [0.15, 0.2) is 0 Å². The summed E-state index contributed by atoms with van der Waals surface area (Å²) in [5.41, 5.74) is 0.769. The van der Waals surface area contributed by atoms with Crippen LogP contribution in [0.2, 0.25) is 5.02 Å². The van der Waals surface area contributed by atoms with E-state index in [9.17, 15) is 4.79 Å². The number of halogens is 1. The van der Waals surface area contributed by atoms with Crippen molar-refractivity contribution in [3.63, 3.8) is 0 Å². The van der Waals surface area contributed by atoms with Gasteiger partial charge in [-0.3, -0.25) is 0 Å². The fourth-order valence-electron chi connectivity index (χ4n) is 2.10. The Kier molecular flexibility index (Phi) is 4.44. The largest absolute Gasteiger partial charge is 0.325 e. The quantitative estimate of drug-likeness (QED) is 0.865. The molecule has 2 amide bonds. The zero-order chi connectivity index (χ0) is 13.0. The number of nitrogens with one attached hydrogen (secondary N) is 2. The van der Waals surface area contributed by atoms with Gasteiger partial charge in [0.05, 0.1) is 0 Å². The molecule has 1 saturated heterocycles. The van der Waals surface area contributed by atoms with Gasteiger partial charge in [0.1, 0.15) is 0 Å². The van der Waals surface area contributed by atoms with E-state index in [0.29, 0.717) is 11.1 Å². The third kappa shape index (κ3) is 3.37. The second kappa shape index (κ2) is 6.07. The zero-order valence-electron chi connectivity index (χ0n) is 10.4. The van der Waals surface area contributed by atoms with Crippen LogP contribution in [0.1, 0.15) is 12.8 Å². The number of carbonyl (C=O) groups excluding carboxylic acids is 1. The number of anilines is 1. The Morgan fingerprint density at radius 1 is 1.33 bits per heavy atom. The number of amides is 2. The predicted octanol–water partition coefficient (Wildman–Crippen LogP) is 2.56. The van der Waals surface area contributed by atoms with Crippen molar-refractivity contribution in [2.24, 2.45) is 0 Å². The second-order valence-electron chi connectivity index (χ2n) is 4.53. The van der Waals surface area contributed by atoms with E-state index >= 15 is 0 Å². The van der Waals surface area contributed by atoms with E-state index in [4.69, 9.17) is 11.6 Å². The molecule has 0 saturated carbocycles.